The van der Waals surface area contributed by atoms with Crippen molar-refractivity contribution in [2.24, 2.45) is 0 Å². The Morgan fingerprint density at radius 1 is 1.32 bits per heavy atom. The molecule has 0 aliphatic heterocycles. The molecule has 2 aromatic rings. The molecule has 7 heteroatoms. The maximum absolute atomic E-state index is 13.0. The summed E-state index contributed by atoms with van der Waals surface area (Å²) in [6, 6.07) is 0. The highest BCUT2D eigenvalue weighted by molar-refractivity contribution is 7.99. The highest BCUT2D eigenvalue weighted by Gasteiger charge is 2.19. The lowest BCUT2D eigenvalue weighted by atomic mass is 10.1. The van der Waals surface area contributed by atoms with Crippen LogP contribution in [0.25, 0.3) is 10.2 Å². The molecule has 1 amide bonds. The lowest BCUT2D eigenvalue weighted by molar-refractivity contribution is -0.119. The maximum atomic E-state index is 13.0. The van der Waals surface area contributed by atoms with Crippen molar-refractivity contribution in [1.29, 1.82) is 0 Å². The van der Waals surface area contributed by atoms with Gasteiger partial charge in [-0.25, -0.2) is 4.98 Å². The fourth-order valence-electron chi connectivity index (χ4n) is 2.52. The largest absolute Gasteiger partial charge is 0.351 e. The first-order valence-corrected chi connectivity index (χ1v) is 10.4. The van der Waals surface area contributed by atoms with Crippen molar-refractivity contribution in [1.82, 2.24) is 14.9 Å². The molecule has 2 rings (SSSR count). The smallest absolute Gasteiger partial charge is 0.263 e. The Morgan fingerprint density at radius 2 is 2.00 bits per heavy atom. The van der Waals surface area contributed by atoms with Gasteiger partial charge in [0, 0.05) is 17.0 Å². The van der Waals surface area contributed by atoms with Crippen LogP contribution in [0.15, 0.2) is 9.95 Å². The van der Waals surface area contributed by atoms with Crippen LogP contribution < -0.4 is 10.9 Å². The Kier molecular flexibility index (Phi) is 6.32. The van der Waals surface area contributed by atoms with Gasteiger partial charge in [0.25, 0.3) is 5.56 Å². The van der Waals surface area contributed by atoms with E-state index < -0.39 is 0 Å². The molecule has 1 N–H and O–H groups in total. The van der Waals surface area contributed by atoms with Crippen LogP contribution in [0, 0.1) is 13.8 Å². The molecule has 25 heavy (non-hydrogen) atoms. The molecule has 138 valence electrons. The topological polar surface area (TPSA) is 64.0 Å². The summed E-state index contributed by atoms with van der Waals surface area (Å²) in [5, 5.41) is 4.30. The first-order valence-electron chi connectivity index (χ1n) is 8.58. The summed E-state index contributed by atoms with van der Waals surface area (Å²) >= 11 is 2.88. The van der Waals surface area contributed by atoms with E-state index in [1.54, 1.807) is 15.9 Å². The minimum absolute atomic E-state index is 0.0130. The highest BCUT2D eigenvalue weighted by atomic mass is 32.2. The summed E-state index contributed by atoms with van der Waals surface area (Å²) in [4.78, 5) is 31.7. The maximum Gasteiger partial charge on any atom is 0.263 e. The molecule has 0 aliphatic rings. The molecule has 0 saturated carbocycles. The number of rotatable bonds is 6. The van der Waals surface area contributed by atoms with Crippen LogP contribution in [0.3, 0.4) is 0 Å². The van der Waals surface area contributed by atoms with E-state index >= 15 is 0 Å². The van der Waals surface area contributed by atoms with Gasteiger partial charge in [-0.2, -0.15) is 0 Å². The van der Waals surface area contributed by atoms with E-state index in [-0.39, 0.29) is 22.8 Å². The third-order valence-corrected chi connectivity index (χ3v) is 5.91. The summed E-state index contributed by atoms with van der Waals surface area (Å²) in [6.07, 6.45) is 1.91. The third kappa shape index (κ3) is 4.85. The van der Waals surface area contributed by atoms with Crippen LogP contribution in [0.2, 0.25) is 0 Å². The first-order chi connectivity index (χ1) is 11.6. The predicted octanol–water partition coefficient (Wildman–Crippen LogP) is 3.88. The summed E-state index contributed by atoms with van der Waals surface area (Å²) < 4.78 is 1.74. The fourth-order valence-corrected chi connectivity index (χ4v) is 4.41. The first kappa shape index (κ1) is 20.0. The van der Waals surface area contributed by atoms with Gasteiger partial charge in [0.2, 0.25) is 5.91 Å². The van der Waals surface area contributed by atoms with Crippen molar-refractivity contribution >= 4 is 39.2 Å². The van der Waals surface area contributed by atoms with Crippen LogP contribution in [-0.4, -0.2) is 26.8 Å². The summed E-state index contributed by atoms with van der Waals surface area (Å²) in [5.41, 5.74) is 0.766. The molecule has 0 atom stereocenters. The molecule has 0 saturated heterocycles. The van der Waals surface area contributed by atoms with Gasteiger partial charge in [-0.05, 0) is 46.6 Å². The molecule has 5 nitrogen and oxygen atoms in total. The van der Waals surface area contributed by atoms with Gasteiger partial charge in [0.1, 0.15) is 4.83 Å². The zero-order valence-corrected chi connectivity index (χ0v) is 17.5. The average molecular weight is 382 g/mol. The Morgan fingerprint density at radius 3 is 2.60 bits per heavy atom. The van der Waals surface area contributed by atoms with Gasteiger partial charge in [0.15, 0.2) is 5.16 Å². The minimum Gasteiger partial charge on any atom is -0.351 e. The SMILES string of the molecule is CCCCn1c(SCC(=O)NC(C)(C)C)nc2sc(C)c(C)c2c1=O. The number of fused-ring (bicyclic) bond motifs is 1. The number of unbranched alkanes of at least 4 members (excludes halogenated alkanes) is 1. The number of nitrogens with zero attached hydrogens (tertiary/aromatic N) is 2. The number of aromatic nitrogens is 2. The van der Waals surface area contributed by atoms with E-state index in [1.165, 1.54) is 11.8 Å². The van der Waals surface area contributed by atoms with Crippen molar-refractivity contribution < 1.29 is 4.79 Å². The number of nitrogens with one attached hydrogen (secondary N) is 1. The Labute approximate surface area is 157 Å². The van der Waals surface area contributed by atoms with Crippen molar-refractivity contribution in [3.63, 3.8) is 0 Å². The summed E-state index contributed by atoms with van der Waals surface area (Å²) in [7, 11) is 0. The van der Waals surface area contributed by atoms with E-state index in [0.717, 1.165) is 33.5 Å². The molecule has 0 fully saturated rings. The van der Waals surface area contributed by atoms with Gasteiger partial charge in [-0.1, -0.05) is 25.1 Å². The van der Waals surface area contributed by atoms with Gasteiger partial charge in [-0.15, -0.1) is 11.3 Å². The molecule has 0 spiro atoms. The zero-order valence-electron chi connectivity index (χ0n) is 15.9. The van der Waals surface area contributed by atoms with Gasteiger partial charge >= 0.3 is 0 Å². The predicted molar refractivity (Wildman–Crippen MR) is 107 cm³/mol. The number of carbonyl (C=O) groups is 1. The van der Waals surface area contributed by atoms with Gasteiger partial charge < -0.3 is 5.32 Å². The van der Waals surface area contributed by atoms with Crippen LogP contribution in [-0.2, 0) is 11.3 Å². The van der Waals surface area contributed by atoms with Gasteiger partial charge in [0.05, 0.1) is 11.1 Å². The molecule has 0 aliphatic carbocycles. The second-order valence-electron chi connectivity index (χ2n) is 7.25. The monoisotopic (exact) mass is 381 g/mol. The second kappa shape index (κ2) is 7.91. The van der Waals surface area contributed by atoms with Crippen molar-refractivity contribution in [2.75, 3.05) is 5.75 Å². The fraction of sp³-hybridized carbons (Fsp3) is 0.611. The second-order valence-corrected chi connectivity index (χ2v) is 9.40. The number of carbonyl (C=O) groups excluding carboxylic acids is 1. The van der Waals surface area contributed by atoms with E-state index in [4.69, 9.17) is 4.98 Å². The zero-order chi connectivity index (χ0) is 18.8. The Balaban J connectivity index is 2.37. The van der Waals surface area contributed by atoms with Crippen molar-refractivity contribution in [3.8, 4) is 0 Å². The molecule has 2 aromatic heterocycles. The van der Waals surface area contributed by atoms with E-state index in [0.29, 0.717) is 11.7 Å². The minimum atomic E-state index is -0.265. The van der Waals surface area contributed by atoms with E-state index in [2.05, 4.69) is 12.2 Å². The van der Waals surface area contributed by atoms with Crippen molar-refractivity contribution in [3.05, 3.63) is 20.8 Å². The molecule has 0 aromatic carbocycles. The van der Waals surface area contributed by atoms with E-state index in [9.17, 15) is 9.59 Å². The van der Waals surface area contributed by atoms with Crippen LogP contribution >= 0.6 is 23.1 Å². The Hall–Kier alpha value is -1.34. The molecular weight excluding hydrogens is 354 g/mol. The normalized spacial score (nSPS) is 11.9. The van der Waals surface area contributed by atoms with Crippen LogP contribution in [0.1, 0.15) is 51.0 Å². The van der Waals surface area contributed by atoms with Crippen LogP contribution in [0.4, 0.5) is 0 Å². The number of thiophene rings is 1. The molecular formula is C18H27N3O2S2. The number of thioether (sulfide) groups is 1. The quantitative estimate of drug-likeness (QED) is 0.609. The van der Waals surface area contributed by atoms with Crippen LogP contribution in [0.5, 0.6) is 0 Å². The van der Waals surface area contributed by atoms with Crippen molar-refractivity contribution in [2.45, 2.75) is 71.6 Å². The molecule has 0 unspecified atom stereocenters. The Bertz CT molecular complexity index is 831. The lowest BCUT2D eigenvalue weighted by Crippen LogP contribution is -2.41. The number of hydrogen-bond donors (Lipinski definition) is 1. The van der Waals surface area contributed by atoms with Gasteiger partial charge in [-0.3, -0.25) is 14.2 Å². The number of amides is 1. The number of hydrogen-bond acceptors (Lipinski definition) is 5. The van der Waals surface area contributed by atoms with E-state index in [1.807, 2.05) is 34.6 Å². The average Bonchev–Trinajstić information content (AvgIpc) is 2.77. The standard InChI is InChI=1S/C18H27N3O2S2/c1-7-8-9-21-16(23)14-11(2)12(3)25-15(14)19-17(21)24-10-13(22)20-18(4,5)6/h7-10H2,1-6H3,(H,20,22). The summed E-state index contributed by atoms with van der Waals surface area (Å²) in [6.45, 7) is 12.6. The lowest BCUT2D eigenvalue weighted by Gasteiger charge is -2.20. The molecule has 0 bridgehead atoms. The number of aryl methyl sites for hydroxylation is 2. The summed E-state index contributed by atoms with van der Waals surface area (Å²) in [5.74, 6) is 0.206. The molecule has 2 heterocycles. The molecule has 0 radical (unpaired) electrons. The third-order valence-electron chi connectivity index (χ3n) is 3.84. The highest BCUT2D eigenvalue weighted by Crippen LogP contribution is 2.28.